The number of hydrogen-bond donors (Lipinski definition) is 2. The minimum absolute atomic E-state index is 0.0567. The Balaban J connectivity index is 1.77. The molecule has 1 aromatic heterocycles. The highest BCUT2D eigenvalue weighted by atomic mass is 19.1. The van der Waals surface area contributed by atoms with Crippen molar-refractivity contribution in [3.63, 3.8) is 0 Å². The van der Waals surface area contributed by atoms with Gasteiger partial charge in [-0.05, 0) is 54.8 Å². The maximum atomic E-state index is 13.0. The number of nitrogen functional groups attached to an aromatic ring is 1. The summed E-state index contributed by atoms with van der Waals surface area (Å²) in [6.07, 6.45) is 0. The Morgan fingerprint density at radius 1 is 1.16 bits per heavy atom. The largest absolute Gasteiger partial charge is 0.382 e. The molecular formula is C18H18FN5O. The van der Waals surface area contributed by atoms with Gasteiger partial charge < -0.3 is 11.1 Å². The molecule has 1 amide bonds. The van der Waals surface area contributed by atoms with E-state index in [0.717, 1.165) is 16.7 Å². The van der Waals surface area contributed by atoms with Gasteiger partial charge in [-0.15, -0.1) is 5.10 Å². The Morgan fingerprint density at radius 2 is 1.80 bits per heavy atom. The van der Waals surface area contributed by atoms with Gasteiger partial charge in [0, 0.05) is 5.69 Å². The lowest BCUT2D eigenvalue weighted by atomic mass is 10.1. The van der Waals surface area contributed by atoms with Crippen molar-refractivity contribution in [3.8, 4) is 0 Å². The zero-order chi connectivity index (χ0) is 18.0. The summed E-state index contributed by atoms with van der Waals surface area (Å²) in [5.41, 5.74) is 9.63. The molecule has 0 saturated carbocycles. The summed E-state index contributed by atoms with van der Waals surface area (Å²) in [4.78, 5) is 12.4. The lowest BCUT2D eigenvalue weighted by Crippen LogP contribution is -2.15. The van der Waals surface area contributed by atoms with Crippen molar-refractivity contribution in [3.05, 3.63) is 70.7 Å². The molecule has 0 radical (unpaired) electrons. The summed E-state index contributed by atoms with van der Waals surface area (Å²) in [5.74, 6) is -0.581. The van der Waals surface area contributed by atoms with Crippen molar-refractivity contribution < 1.29 is 9.18 Å². The summed E-state index contributed by atoms with van der Waals surface area (Å²) < 4.78 is 14.4. The van der Waals surface area contributed by atoms with Gasteiger partial charge in [0.25, 0.3) is 5.91 Å². The fourth-order valence-electron chi connectivity index (χ4n) is 2.60. The second kappa shape index (κ2) is 6.72. The Labute approximate surface area is 144 Å². The number of aromatic nitrogens is 3. The molecule has 0 aliphatic rings. The first-order valence-corrected chi connectivity index (χ1v) is 7.75. The zero-order valence-corrected chi connectivity index (χ0v) is 14.0. The molecule has 25 heavy (non-hydrogen) atoms. The first kappa shape index (κ1) is 16.6. The predicted molar refractivity (Wildman–Crippen MR) is 93.8 cm³/mol. The molecular weight excluding hydrogens is 321 g/mol. The minimum atomic E-state index is -0.423. The van der Waals surface area contributed by atoms with Gasteiger partial charge >= 0.3 is 0 Å². The predicted octanol–water partition coefficient (Wildman–Crippen LogP) is 2.92. The van der Waals surface area contributed by atoms with E-state index in [1.54, 1.807) is 12.1 Å². The van der Waals surface area contributed by atoms with Crippen molar-refractivity contribution in [2.24, 2.45) is 0 Å². The van der Waals surface area contributed by atoms with Crippen LogP contribution in [0.25, 0.3) is 0 Å². The quantitative estimate of drug-likeness (QED) is 0.765. The van der Waals surface area contributed by atoms with Crippen LogP contribution in [0.2, 0.25) is 0 Å². The van der Waals surface area contributed by atoms with Crippen molar-refractivity contribution in [1.82, 2.24) is 15.0 Å². The first-order valence-electron chi connectivity index (χ1n) is 7.75. The van der Waals surface area contributed by atoms with Gasteiger partial charge in [-0.2, -0.15) is 0 Å². The highest BCUT2D eigenvalue weighted by Gasteiger charge is 2.18. The van der Waals surface area contributed by atoms with E-state index in [1.807, 2.05) is 32.0 Å². The standard InChI is InChI=1S/C18H18FN5O/c1-11-7-12(2)9-15(8-11)21-18(25)16-17(20)24(23-22-16)10-13-3-5-14(19)6-4-13/h3-9H,10,20H2,1-2H3,(H,21,25). The van der Waals surface area contributed by atoms with E-state index in [0.29, 0.717) is 12.2 Å². The number of nitrogens with zero attached hydrogens (tertiary/aromatic N) is 3. The van der Waals surface area contributed by atoms with E-state index < -0.39 is 5.91 Å². The van der Waals surface area contributed by atoms with E-state index in [2.05, 4.69) is 15.6 Å². The van der Waals surface area contributed by atoms with Crippen LogP contribution >= 0.6 is 0 Å². The molecule has 0 atom stereocenters. The molecule has 2 aromatic carbocycles. The van der Waals surface area contributed by atoms with Crippen LogP contribution in [-0.2, 0) is 6.54 Å². The van der Waals surface area contributed by atoms with Crippen LogP contribution in [0.15, 0.2) is 42.5 Å². The van der Waals surface area contributed by atoms with Gasteiger partial charge in [-0.3, -0.25) is 4.79 Å². The number of nitrogens with one attached hydrogen (secondary N) is 1. The lowest BCUT2D eigenvalue weighted by Gasteiger charge is -2.07. The van der Waals surface area contributed by atoms with E-state index in [1.165, 1.54) is 16.8 Å². The SMILES string of the molecule is Cc1cc(C)cc(NC(=O)c2nnn(Cc3ccc(F)cc3)c2N)c1. The van der Waals surface area contributed by atoms with Gasteiger partial charge in [0.15, 0.2) is 11.5 Å². The summed E-state index contributed by atoms with van der Waals surface area (Å²) in [5, 5.41) is 10.6. The number of rotatable bonds is 4. The highest BCUT2D eigenvalue weighted by molar-refractivity contribution is 6.05. The molecule has 0 spiro atoms. The second-order valence-electron chi connectivity index (χ2n) is 5.94. The molecule has 7 heteroatoms. The van der Waals surface area contributed by atoms with E-state index in [-0.39, 0.29) is 17.3 Å². The number of nitrogens with two attached hydrogens (primary N) is 1. The zero-order valence-electron chi connectivity index (χ0n) is 14.0. The summed E-state index contributed by atoms with van der Waals surface area (Å²) in [7, 11) is 0. The number of hydrogen-bond acceptors (Lipinski definition) is 4. The van der Waals surface area contributed by atoms with Crippen LogP contribution in [0.4, 0.5) is 15.9 Å². The van der Waals surface area contributed by atoms with Crippen molar-refractivity contribution >= 4 is 17.4 Å². The fourth-order valence-corrected chi connectivity index (χ4v) is 2.60. The molecule has 0 fully saturated rings. The number of anilines is 2. The van der Waals surface area contributed by atoms with Gasteiger partial charge in [0.05, 0.1) is 6.54 Å². The van der Waals surface area contributed by atoms with Gasteiger partial charge in [-0.1, -0.05) is 23.4 Å². The van der Waals surface area contributed by atoms with Crippen molar-refractivity contribution in [2.75, 3.05) is 11.1 Å². The number of carbonyl (C=O) groups excluding carboxylic acids is 1. The average Bonchev–Trinajstić information content (AvgIpc) is 2.89. The molecule has 3 aromatic rings. The molecule has 0 bridgehead atoms. The van der Waals surface area contributed by atoms with Crippen LogP contribution in [0, 0.1) is 19.7 Å². The fraction of sp³-hybridized carbons (Fsp3) is 0.167. The van der Waals surface area contributed by atoms with Crippen LogP contribution in [0.1, 0.15) is 27.2 Å². The monoisotopic (exact) mass is 339 g/mol. The highest BCUT2D eigenvalue weighted by Crippen LogP contribution is 2.17. The Morgan fingerprint density at radius 3 is 2.44 bits per heavy atom. The van der Waals surface area contributed by atoms with Gasteiger partial charge in [-0.25, -0.2) is 9.07 Å². The molecule has 3 rings (SSSR count). The Hall–Kier alpha value is -3.22. The van der Waals surface area contributed by atoms with Crippen molar-refractivity contribution in [2.45, 2.75) is 20.4 Å². The Bertz CT molecular complexity index is 897. The smallest absolute Gasteiger partial charge is 0.280 e. The molecule has 0 aliphatic heterocycles. The van der Waals surface area contributed by atoms with Gasteiger partial charge in [0.1, 0.15) is 5.82 Å². The molecule has 1 heterocycles. The first-order chi connectivity index (χ1) is 11.9. The third-order valence-corrected chi connectivity index (χ3v) is 3.71. The van der Waals surface area contributed by atoms with Crippen molar-refractivity contribution in [1.29, 1.82) is 0 Å². The summed E-state index contributed by atoms with van der Waals surface area (Å²) in [6.45, 7) is 4.21. The number of benzene rings is 2. The lowest BCUT2D eigenvalue weighted by molar-refractivity contribution is 0.102. The van der Waals surface area contributed by atoms with Crippen LogP contribution in [0.3, 0.4) is 0 Å². The van der Waals surface area contributed by atoms with E-state index in [4.69, 9.17) is 5.73 Å². The van der Waals surface area contributed by atoms with E-state index >= 15 is 0 Å². The maximum absolute atomic E-state index is 13.0. The normalized spacial score (nSPS) is 10.7. The summed E-state index contributed by atoms with van der Waals surface area (Å²) in [6, 6.07) is 11.7. The van der Waals surface area contributed by atoms with Crippen LogP contribution < -0.4 is 11.1 Å². The van der Waals surface area contributed by atoms with Crippen LogP contribution in [0.5, 0.6) is 0 Å². The summed E-state index contributed by atoms with van der Waals surface area (Å²) >= 11 is 0. The minimum Gasteiger partial charge on any atom is -0.382 e. The number of carbonyl (C=O) groups is 1. The topological polar surface area (TPSA) is 85.8 Å². The molecule has 0 saturated heterocycles. The number of halogens is 1. The Kier molecular flexibility index (Phi) is 4.47. The average molecular weight is 339 g/mol. The molecule has 128 valence electrons. The molecule has 0 aliphatic carbocycles. The number of aryl methyl sites for hydroxylation is 2. The number of amides is 1. The second-order valence-corrected chi connectivity index (χ2v) is 5.94. The third kappa shape index (κ3) is 3.82. The van der Waals surface area contributed by atoms with Gasteiger partial charge in [0.2, 0.25) is 0 Å². The maximum Gasteiger partial charge on any atom is 0.280 e. The molecule has 0 unspecified atom stereocenters. The third-order valence-electron chi connectivity index (χ3n) is 3.71. The molecule has 3 N–H and O–H groups in total. The van der Waals surface area contributed by atoms with Crippen LogP contribution in [-0.4, -0.2) is 20.9 Å². The van der Waals surface area contributed by atoms with E-state index in [9.17, 15) is 9.18 Å². The molecule has 6 nitrogen and oxygen atoms in total.